The standard InChI is InChI=1S/C28H35N3O2/c1-3-23-27(32)31-25-17-20(9-12-24(25)30-23)26(19-7-5-4-6-8-19)28-14-13-22(29-15-16-33-2)11-10-21(28)18-28/h4-9,12,17,21-22,26,29H,3,10-11,13-16,18H2,1-2H3,(H,31,32). The minimum atomic E-state index is -0.0692. The Morgan fingerprint density at radius 2 is 2.00 bits per heavy atom. The largest absolute Gasteiger partial charge is 0.383 e. The van der Waals surface area contributed by atoms with E-state index in [4.69, 9.17) is 4.74 Å². The summed E-state index contributed by atoms with van der Waals surface area (Å²) >= 11 is 0. The third-order valence-electron chi connectivity index (χ3n) is 8.00. The van der Waals surface area contributed by atoms with Crippen LogP contribution in [0.25, 0.3) is 11.0 Å². The van der Waals surface area contributed by atoms with E-state index in [0.29, 0.717) is 29.5 Å². The average Bonchev–Trinajstić information content (AvgIpc) is 3.56. The number of aryl methyl sites for hydroxylation is 1. The zero-order valence-corrected chi connectivity index (χ0v) is 19.8. The molecule has 2 fully saturated rings. The Labute approximate surface area is 196 Å². The lowest BCUT2D eigenvalue weighted by Crippen LogP contribution is -2.32. The van der Waals surface area contributed by atoms with Gasteiger partial charge in [0.2, 0.25) is 0 Å². The van der Waals surface area contributed by atoms with E-state index in [9.17, 15) is 4.79 Å². The summed E-state index contributed by atoms with van der Waals surface area (Å²) in [6, 6.07) is 18.1. The van der Waals surface area contributed by atoms with Crippen molar-refractivity contribution in [2.75, 3.05) is 20.3 Å². The molecule has 33 heavy (non-hydrogen) atoms. The van der Waals surface area contributed by atoms with Gasteiger partial charge in [0.1, 0.15) is 5.69 Å². The summed E-state index contributed by atoms with van der Waals surface area (Å²) in [5.41, 5.74) is 5.22. The molecule has 2 saturated carbocycles. The summed E-state index contributed by atoms with van der Waals surface area (Å²) in [5, 5.41) is 3.71. The number of hydrogen-bond donors (Lipinski definition) is 2. The third kappa shape index (κ3) is 4.36. The fraction of sp³-hybridized carbons (Fsp3) is 0.500. The molecule has 3 aromatic rings. The number of rotatable bonds is 8. The van der Waals surface area contributed by atoms with Gasteiger partial charge >= 0.3 is 0 Å². The molecule has 0 bridgehead atoms. The molecular formula is C28H35N3O2. The van der Waals surface area contributed by atoms with Crippen LogP contribution in [0.4, 0.5) is 0 Å². The highest BCUT2D eigenvalue weighted by molar-refractivity contribution is 5.75. The van der Waals surface area contributed by atoms with E-state index < -0.39 is 0 Å². The smallest absolute Gasteiger partial charge is 0.270 e. The molecule has 0 aliphatic heterocycles. The lowest BCUT2D eigenvalue weighted by atomic mass is 9.74. The van der Waals surface area contributed by atoms with Gasteiger partial charge < -0.3 is 15.0 Å². The zero-order chi connectivity index (χ0) is 22.8. The first-order valence-electron chi connectivity index (χ1n) is 12.4. The number of hydrogen-bond acceptors (Lipinski definition) is 4. The Kier molecular flexibility index (Phi) is 6.35. The molecule has 2 aliphatic rings. The number of benzene rings is 2. The van der Waals surface area contributed by atoms with Gasteiger partial charge in [-0.25, -0.2) is 4.98 Å². The number of fused-ring (bicyclic) bond motifs is 2. The fourth-order valence-corrected chi connectivity index (χ4v) is 6.22. The van der Waals surface area contributed by atoms with Crippen molar-refractivity contribution in [1.29, 1.82) is 0 Å². The van der Waals surface area contributed by atoms with Gasteiger partial charge in [0.05, 0.1) is 17.6 Å². The van der Waals surface area contributed by atoms with E-state index in [1.54, 1.807) is 7.11 Å². The third-order valence-corrected chi connectivity index (χ3v) is 8.00. The molecule has 174 valence electrons. The van der Waals surface area contributed by atoms with Crippen molar-refractivity contribution in [3.63, 3.8) is 0 Å². The summed E-state index contributed by atoms with van der Waals surface area (Å²) in [5.74, 6) is 1.09. The van der Waals surface area contributed by atoms with Gasteiger partial charge in [-0.15, -0.1) is 0 Å². The van der Waals surface area contributed by atoms with Crippen LogP contribution >= 0.6 is 0 Å². The molecule has 2 aromatic carbocycles. The highest BCUT2D eigenvalue weighted by Crippen LogP contribution is 2.68. The Morgan fingerprint density at radius 3 is 2.79 bits per heavy atom. The van der Waals surface area contributed by atoms with Crippen LogP contribution in [-0.4, -0.2) is 36.3 Å². The van der Waals surface area contributed by atoms with Crippen LogP contribution < -0.4 is 10.9 Å². The predicted octanol–water partition coefficient (Wildman–Crippen LogP) is 4.80. The first kappa shape index (κ1) is 22.3. The quantitative estimate of drug-likeness (QED) is 0.489. The molecule has 1 aromatic heterocycles. The summed E-state index contributed by atoms with van der Waals surface area (Å²) in [6.07, 6.45) is 6.88. The maximum Gasteiger partial charge on any atom is 0.270 e. The Balaban J connectivity index is 1.50. The normalized spacial score (nSPS) is 25.4. The van der Waals surface area contributed by atoms with E-state index in [0.717, 1.165) is 30.1 Å². The number of nitrogens with zero attached hydrogens (tertiary/aromatic N) is 1. The SMILES string of the molecule is CCc1nc2ccc(C(c3ccccc3)C34CCC(NCCOC)CCC3C4)cc2[nH]c1=O. The van der Waals surface area contributed by atoms with E-state index in [-0.39, 0.29) is 5.56 Å². The predicted molar refractivity (Wildman–Crippen MR) is 133 cm³/mol. The molecule has 4 unspecified atom stereocenters. The van der Waals surface area contributed by atoms with Crippen molar-refractivity contribution in [3.05, 3.63) is 75.7 Å². The van der Waals surface area contributed by atoms with Gasteiger partial charge in [-0.05, 0) is 73.1 Å². The van der Waals surface area contributed by atoms with Crippen LogP contribution in [-0.2, 0) is 11.2 Å². The topological polar surface area (TPSA) is 67.0 Å². The maximum atomic E-state index is 12.4. The molecule has 0 amide bonds. The highest BCUT2D eigenvalue weighted by atomic mass is 16.5. The molecule has 5 heteroatoms. The van der Waals surface area contributed by atoms with Crippen molar-refractivity contribution in [3.8, 4) is 0 Å². The second-order valence-corrected chi connectivity index (χ2v) is 9.88. The van der Waals surface area contributed by atoms with Crippen LogP contribution in [0.2, 0.25) is 0 Å². The first-order chi connectivity index (χ1) is 16.1. The van der Waals surface area contributed by atoms with Crippen molar-refractivity contribution in [1.82, 2.24) is 15.3 Å². The molecule has 0 radical (unpaired) electrons. The second kappa shape index (κ2) is 9.40. The molecular weight excluding hydrogens is 410 g/mol. The number of ether oxygens (including phenoxy) is 1. The van der Waals surface area contributed by atoms with Crippen molar-refractivity contribution < 1.29 is 4.74 Å². The molecule has 2 aliphatic carbocycles. The minimum Gasteiger partial charge on any atom is -0.383 e. The maximum absolute atomic E-state index is 12.4. The molecule has 5 nitrogen and oxygen atoms in total. The number of H-pyrrole nitrogens is 1. The Morgan fingerprint density at radius 1 is 1.15 bits per heavy atom. The van der Waals surface area contributed by atoms with Gasteiger partial charge in [0.25, 0.3) is 5.56 Å². The number of aromatic amines is 1. The van der Waals surface area contributed by atoms with E-state index in [1.165, 1.54) is 43.2 Å². The van der Waals surface area contributed by atoms with Crippen molar-refractivity contribution in [2.45, 2.75) is 57.4 Å². The Bertz CT molecular complexity index is 1160. The van der Waals surface area contributed by atoms with Gasteiger partial charge in [-0.1, -0.05) is 43.3 Å². The molecule has 4 atom stereocenters. The van der Waals surface area contributed by atoms with Crippen LogP contribution in [0.1, 0.15) is 61.8 Å². The lowest BCUT2D eigenvalue weighted by Gasteiger charge is -2.30. The number of aromatic nitrogens is 2. The van der Waals surface area contributed by atoms with Gasteiger partial charge in [-0.3, -0.25) is 4.79 Å². The number of methoxy groups -OCH3 is 1. The zero-order valence-electron chi connectivity index (χ0n) is 19.8. The van der Waals surface area contributed by atoms with Crippen LogP contribution in [0.15, 0.2) is 53.3 Å². The summed E-state index contributed by atoms with van der Waals surface area (Å²) < 4.78 is 5.23. The van der Waals surface area contributed by atoms with Gasteiger partial charge in [-0.2, -0.15) is 0 Å². The second-order valence-electron chi connectivity index (χ2n) is 9.88. The molecule has 1 heterocycles. The lowest BCUT2D eigenvalue weighted by molar-refractivity contribution is 0.193. The highest BCUT2D eigenvalue weighted by Gasteiger charge is 2.59. The minimum absolute atomic E-state index is 0.0692. The van der Waals surface area contributed by atoms with Crippen LogP contribution in [0.5, 0.6) is 0 Å². The summed E-state index contributed by atoms with van der Waals surface area (Å²) in [4.78, 5) is 20.1. The Hall–Kier alpha value is -2.50. The molecule has 0 saturated heterocycles. The monoisotopic (exact) mass is 445 g/mol. The fourth-order valence-electron chi connectivity index (χ4n) is 6.22. The average molecular weight is 446 g/mol. The van der Waals surface area contributed by atoms with Crippen LogP contribution in [0, 0.1) is 11.3 Å². The van der Waals surface area contributed by atoms with Gasteiger partial charge in [0.15, 0.2) is 0 Å². The van der Waals surface area contributed by atoms with E-state index in [1.807, 2.05) is 6.92 Å². The summed E-state index contributed by atoms with van der Waals surface area (Å²) in [7, 11) is 1.76. The van der Waals surface area contributed by atoms with Crippen molar-refractivity contribution >= 4 is 11.0 Å². The van der Waals surface area contributed by atoms with Gasteiger partial charge in [0, 0.05) is 25.6 Å². The summed E-state index contributed by atoms with van der Waals surface area (Å²) in [6.45, 7) is 3.66. The van der Waals surface area contributed by atoms with E-state index in [2.05, 4.69) is 63.8 Å². The first-order valence-corrected chi connectivity index (χ1v) is 12.4. The molecule has 5 rings (SSSR count). The molecule has 2 N–H and O–H groups in total. The van der Waals surface area contributed by atoms with Crippen molar-refractivity contribution in [2.24, 2.45) is 11.3 Å². The number of nitrogens with one attached hydrogen (secondary N) is 2. The van der Waals surface area contributed by atoms with Crippen LogP contribution in [0.3, 0.4) is 0 Å². The molecule has 0 spiro atoms. The van der Waals surface area contributed by atoms with E-state index >= 15 is 0 Å².